The van der Waals surface area contributed by atoms with E-state index >= 15 is 0 Å². The molecule has 0 heterocycles. The van der Waals surface area contributed by atoms with E-state index in [1.165, 1.54) is 13.0 Å². The first-order chi connectivity index (χ1) is 13.3. The van der Waals surface area contributed by atoms with Crippen LogP contribution in [0.25, 0.3) is 0 Å². The fourth-order valence-corrected chi connectivity index (χ4v) is 3.12. The molecule has 1 aliphatic rings. The van der Waals surface area contributed by atoms with E-state index in [-0.39, 0.29) is 19.0 Å². The summed E-state index contributed by atoms with van der Waals surface area (Å²) in [6, 6.07) is 6.86. The van der Waals surface area contributed by atoms with Crippen LogP contribution in [0.1, 0.15) is 36.5 Å². The van der Waals surface area contributed by atoms with E-state index in [2.05, 4.69) is 5.32 Å². The Bertz CT molecular complexity index is 713. The minimum atomic E-state index is -4.31. The number of anilines is 1. The molecule has 1 aromatic rings. The number of unbranched alkanes of at least 4 members (excludes halogenated alkanes) is 1. The molecule has 1 aliphatic carbocycles. The molecular formula is C21H26F3NO3. The zero-order chi connectivity index (χ0) is 20.6. The van der Waals surface area contributed by atoms with E-state index in [0.717, 1.165) is 6.08 Å². The topological polar surface area (TPSA) is 58.6 Å². The number of rotatable bonds is 10. The number of ketones is 1. The van der Waals surface area contributed by atoms with Crippen LogP contribution in [-0.2, 0) is 4.74 Å². The van der Waals surface area contributed by atoms with Gasteiger partial charge in [-0.3, -0.25) is 4.79 Å². The van der Waals surface area contributed by atoms with Gasteiger partial charge in [0.05, 0.1) is 19.1 Å². The lowest BCUT2D eigenvalue weighted by Crippen LogP contribution is -2.31. The average molecular weight is 397 g/mol. The predicted molar refractivity (Wildman–Crippen MR) is 102 cm³/mol. The molecule has 0 spiro atoms. The van der Waals surface area contributed by atoms with Crippen molar-refractivity contribution in [1.82, 2.24) is 0 Å². The number of aliphatic hydroxyl groups is 1. The van der Waals surface area contributed by atoms with Crippen LogP contribution in [0.3, 0.4) is 0 Å². The van der Waals surface area contributed by atoms with Gasteiger partial charge in [-0.2, -0.15) is 13.2 Å². The van der Waals surface area contributed by atoms with Gasteiger partial charge in [0.25, 0.3) is 0 Å². The molecule has 0 aliphatic heterocycles. The summed E-state index contributed by atoms with van der Waals surface area (Å²) in [6.07, 6.45) is 1.51. The van der Waals surface area contributed by atoms with Crippen LogP contribution in [0.2, 0.25) is 0 Å². The maximum absolute atomic E-state index is 13.2. The standard InChI is InChI=1S/C21H26F3NO3/c1-15-17(21(22,23)24)8-6-10-18(15)25-19-9-3-2-7-16(19)20(27)11-4-5-13-28-14-12-26/h2-3,6-10,15,17,25-26H,4-5,11-14H2,1H3. The molecule has 2 atom stereocenters. The molecule has 0 amide bonds. The number of aliphatic hydroxyl groups excluding tert-OH is 1. The van der Waals surface area contributed by atoms with Crippen LogP contribution < -0.4 is 5.32 Å². The molecule has 0 saturated heterocycles. The number of carbonyl (C=O) groups is 1. The number of para-hydroxylation sites is 1. The van der Waals surface area contributed by atoms with Gasteiger partial charge < -0.3 is 15.2 Å². The van der Waals surface area contributed by atoms with Crippen LogP contribution in [0, 0.1) is 11.8 Å². The maximum Gasteiger partial charge on any atom is 0.395 e. The summed E-state index contributed by atoms with van der Waals surface area (Å²) in [5, 5.41) is 11.7. The number of carbonyl (C=O) groups excluding carboxylic acids is 1. The van der Waals surface area contributed by atoms with E-state index < -0.39 is 18.0 Å². The lowest BCUT2D eigenvalue weighted by atomic mass is 9.86. The van der Waals surface area contributed by atoms with Crippen LogP contribution in [0.4, 0.5) is 18.9 Å². The highest BCUT2D eigenvalue weighted by atomic mass is 19.4. The van der Waals surface area contributed by atoms with Crippen LogP contribution in [-0.4, -0.2) is 36.9 Å². The highest BCUT2D eigenvalue weighted by Crippen LogP contribution is 2.39. The molecule has 4 nitrogen and oxygen atoms in total. The Kier molecular flexibility index (Phi) is 8.26. The van der Waals surface area contributed by atoms with Crippen molar-refractivity contribution in [3.8, 4) is 0 Å². The summed E-state index contributed by atoms with van der Waals surface area (Å²) >= 11 is 0. The largest absolute Gasteiger partial charge is 0.395 e. The molecule has 2 N–H and O–H groups in total. The molecule has 7 heteroatoms. The number of alkyl halides is 3. The first kappa shape index (κ1) is 22.2. The first-order valence-corrected chi connectivity index (χ1v) is 9.37. The number of benzene rings is 1. The monoisotopic (exact) mass is 397 g/mol. The minimum Gasteiger partial charge on any atom is -0.394 e. The first-order valence-electron chi connectivity index (χ1n) is 9.37. The minimum absolute atomic E-state index is 0.0311. The van der Waals surface area contributed by atoms with Crippen molar-refractivity contribution in [1.29, 1.82) is 0 Å². The number of Topliss-reactive ketones (excluding diaryl/α,β-unsaturated/α-hetero) is 1. The lowest BCUT2D eigenvalue weighted by Gasteiger charge is -2.29. The summed E-state index contributed by atoms with van der Waals surface area (Å²) in [6.45, 7) is 2.25. The highest BCUT2D eigenvalue weighted by Gasteiger charge is 2.43. The third-order valence-corrected chi connectivity index (χ3v) is 4.69. The second kappa shape index (κ2) is 10.4. The Morgan fingerprint density at radius 3 is 2.68 bits per heavy atom. The zero-order valence-electron chi connectivity index (χ0n) is 15.8. The smallest absolute Gasteiger partial charge is 0.394 e. The van der Waals surface area contributed by atoms with Crippen LogP contribution >= 0.6 is 0 Å². The van der Waals surface area contributed by atoms with E-state index in [0.29, 0.717) is 42.8 Å². The molecule has 0 bridgehead atoms. The van der Waals surface area contributed by atoms with Crippen molar-refractivity contribution < 1.29 is 27.8 Å². The second-order valence-electron chi connectivity index (χ2n) is 6.75. The van der Waals surface area contributed by atoms with E-state index in [1.807, 2.05) is 0 Å². The Hall–Kier alpha value is -2.12. The van der Waals surface area contributed by atoms with Gasteiger partial charge in [-0.1, -0.05) is 31.2 Å². The van der Waals surface area contributed by atoms with Gasteiger partial charge in [0.2, 0.25) is 0 Å². The van der Waals surface area contributed by atoms with E-state index in [1.54, 1.807) is 30.3 Å². The zero-order valence-corrected chi connectivity index (χ0v) is 15.8. The molecule has 2 rings (SSSR count). The van der Waals surface area contributed by atoms with Gasteiger partial charge in [0, 0.05) is 35.9 Å². The Morgan fingerprint density at radius 1 is 1.21 bits per heavy atom. The fraction of sp³-hybridized carbons (Fsp3) is 0.476. The van der Waals surface area contributed by atoms with Gasteiger partial charge in [-0.15, -0.1) is 0 Å². The maximum atomic E-state index is 13.2. The number of hydrogen-bond acceptors (Lipinski definition) is 4. The summed E-state index contributed by atoms with van der Waals surface area (Å²) in [5.41, 5.74) is 1.41. The summed E-state index contributed by atoms with van der Waals surface area (Å²) in [4.78, 5) is 12.6. The third kappa shape index (κ3) is 6.21. The summed E-state index contributed by atoms with van der Waals surface area (Å²) in [5.74, 6) is -2.39. The van der Waals surface area contributed by atoms with E-state index in [4.69, 9.17) is 9.84 Å². The number of allylic oxidation sites excluding steroid dienone is 4. The van der Waals surface area contributed by atoms with Crippen molar-refractivity contribution >= 4 is 11.5 Å². The van der Waals surface area contributed by atoms with Crippen LogP contribution in [0.15, 0.2) is 48.2 Å². The molecule has 1 aromatic carbocycles. The molecular weight excluding hydrogens is 371 g/mol. The molecule has 0 saturated carbocycles. The molecule has 2 unspecified atom stereocenters. The Balaban J connectivity index is 2.01. The quantitative estimate of drug-likeness (QED) is 0.443. The van der Waals surface area contributed by atoms with Gasteiger partial charge in [-0.05, 0) is 31.1 Å². The second-order valence-corrected chi connectivity index (χ2v) is 6.75. The highest BCUT2D eigenvalue weighted by molar-refractivity contribution is 6.01. The SMILES string of the molecule is CC1C(Nc2ccccc2C(=O)CCCCOCCO)=CC=CC1C(F)(F)F. The van der Waals surface area contributed by atoms with Gasteiger partial charge in [-0.25, -0.2) is 0 Å². The van der Waals surface area contributed by atoms with Crippen molar-refractivity contribution in [2.24, 2.45) is 11.8 Å². The number of halogens is 3. The molecule has 0 radical (unpaired) electrons. The molecule has 154 valence electrons. The number of nitrogens with one attached hydrogen (secondary N) is 1. The van der Waals surface area contributed by atoms with E-state index in [9.17, 15) is 18.0 Å². The van der Waals surface area contributed by atoms with Gasteiger partial charge in [0.15, 0.2) is 5.78 Å². The average Bonchev–Trinajstić information content (AvgIpc) is 2.65. The molecule has 28 heavy (non-hydrogen) atoms. The normalized spacial score (nSPS) is 19.4. The number of ether oxygens (including phenoxy) is 1. The lowest BCUT2D eigenvalue weighted by molar-refractivity contribution is -0.169. The summed E-state index contributed by atoms with van der Waals surface area (Å²) in [7, 11) is 0. The third-order valence-electron chi connectivity index (χ3n) is 4.69. The van der Waals surface area contributed by atoms with Crippen molar-refractivity contribution in [2.45, 2.75) is 32.4 Å². The predicted octanol–water partition coefficient (Wildman–Crippen LogP) is 4.73. The van der Waals surface area contributed by atoms with Crippen LogP contribution in [0.5, 0.6) is 0 Å². The Morgan fingerprint density at radius 2 is 1.96 bits per heavy atom. The van der Waals surface area contributed by atoms with Crippen molar-refractivity contribution in [2.75, 3.05) is 25.1 Å². The van der Waals surface area contributed by atoms with Gasteiger partial charge >= 0.3 is 6.18 Å². The molecule has 0 aromatic heterocycles. The van der Waals surface area contributed by atoms with Gasteiger partial charge in [0.1, 0.15) is 0 Å². The fourth-order valence-electron chi connectivity index (χ4n) is 3.12. The van der Waals surface area contributed by atoms with Crippen molar-refractivity contribution in [3.05, 3.63) is 53.8 Å². The number of hydrogen-bond donors (Lipinski definition) is 2. The summed E-state index contributed by atoms with van der Waals surface area (Å²) < 4.78 is 44.7. The molecule has 0 fully saturated rings. The van der Waals surface area contributed by atoms with Crippen molar-refractivity contribution in [3.63, 3.8) is 0 Å². The Labute approximate surface area is 163 Å².